The number of aliphatic carboxylic acids is 1. The number of carboxylic acid groups (broad SMARTS) is 1. The molecule has 10 nitrogen and oxygen atoms in total. The molecule has 0 radical (unpaired) electrons. The van der Waals surface area contributed by atoms with Gasteiger partial charge in [-0.2, -0.15) is 5.23 Å². The second kappa shape index (κ2) is 7.16. The zero-order chi connectivity index (χ0) is 22.8. The van der Waals surface area contributed by atoms with E-state index in [1.165, 1.54) is 25.2 Å². The Hall–Kier alpha value is -3.21. The van der Waals surface area contributed by atoms with Gasteiger partial charge in [0.05, 0.1) is 6.04 Å². The first-order chi connectivity index (χ1) is 15.3. The maximum atomic E-state index is 13.3. The zero-order valence-electron chi connectivity index (χ0n) is 17.4. The molecule has 5 rings (SSSR count). The number of benzene rings is 1. The fourth-order valence-corrected chi connectivity index (χ4v) is 6.04. The SMILES string of the molecule is CNC(=O)C1(C(=O)O)Cc2cc([NH+]([O-])O)ccc2N2CC3CC(c4cccc(=O)n4C3)C21. The number of nitrogens with one attached hydrogen (secondary N) is 2. The molecule has 3 aliphatic heterocycles. The van der Waals surface area contributed by atoms with Gasteiger partial charge in [0.25, 0.3) is 5.56 Å². The third-order valence-corrected chi connectivity index (χ3v) is 7.29. The van der Waals surface area contributed by atoms with Crippen molar-refractivity contribution in [1.82, 2.24) is 9.88 Å². The number of carboxylic acids is 1. The summed E-state index contributed by atoms with van der Waals surface area (Å²) in [6.07, 6.45) is 0.553. The number of hydrogen-bond donors (Lipinski definition) is 4. The second-order valence-electron chi connectivity index (χ2n) is 8.89. The maximum absolute atomic E-state index is 13.3. The first kappa shape index (κ1) is 20.7. The van der Waals surface area contributed by atoms with Crippen molar-refractivity contribution >= 4 is 23.3 Å². The first-order valence-electron chi connectivity index (χ1n) is 10.6. The van der Waals surface area contributed by atoms with Crippen molar-refractivity contribution in [3.8, 4) is 0 Å². The number of rotatable bonds is 3. The molecule has 3 aliphatic rings. The Labute approximate surface area is 183 Å². The maximum Gasteiger partial charge on any atom is 0.321 e. The molecule has 0 aliphatic carbocycles. The van der Waals surface area contributed by atoms with Gasteiger partial charge in [-0.15, -0.1) is 0 Å². The van der Waals surface area contributed by atoms with Crippen LogP contribution in [0.15, 0.2) is 41.2 Å². The van der Waals surface area contributed by atoms with E-state index in [4.69, 9.17) is 0 Å². The van der Waals surface area contributed by atoms with Crippen molar-refractivity contribution in [2.75, 3.05) is 18.5 Å². The number of nitrogens with zero attached hydrogens (tertiary/aromatic N) is 2. The van der Waals surface area contributed by atoms with E-state index in [9.17, 15) is 29.9 Å². The summed E-state index contributed by atoms with van der Waals surface area (Å²) in [5.41, 5.74) is 0.104. The van der Waals surface area contributed by atoms with E-state index in [0.29, 0.717) is 25.1 Å². The van der Waals surface area contributed by atoms with Crippen molar-refractivity contribution in [3.63, 3.8) is 0 Å². The Morgan fingerprint density at radius 2 is 2.03 bits per heavy atom. The Bertz CT molecular complexity index is 1180. The van der Waals surface area contributed by atoms with Crippen LogP contribution in [0.25, 0.3) is 0 Å². The lowest BCUT2D eigenvalue weighted by Crippen LogP contribution is -2.99. The lowest BCUT2D eigenvalue weighted by molar-refractivity contribution is -0.991. The van der Waals surface area contributed by atoms with E-state index in [-0.39, 0.29) is 29.5 Å². The van der Waals surface area contributed by atoms with Gasteiger partial charge in [0.2, 0.25) is 5.91 Å². The normalized spacial score (nSPS) is 28.7. The van der Waals surface area contributed by atoms with Crippen LogP contribution >= 0.6 is 0 Å². The highest BCUT2D eigenvalue weighted by Crippen LogP contribution is 2.53. The minimum Gasteiger partial charge on any atom is -0.595 e. The number of fused-ring (bicyclic) bond motifs is 8. The van der Waals surface area contributed by atoms with Gasteiger partial charge in [0.1, 0.15) is 0 Å². The molecule has 168 valence electrons. The van der Waals surface area contributed by atoms with Crippen molar-refractivity contribution in [2.45, 2.75) is 31.3 Å². The van der Waals surface area contributed by atoms with Gasteiger partial charge in [-0.1, -0.05) is 6.07 Å². The summed E-state index contributed by atoms with van der Waals surface area (Å²) in [5.74, 6) is -2.12. The van der Waals surface area contributed by atoms with E-state index in [1.807, 2.05) is 11.0 Å². The largest absolute Gasteiger partial charge is 0.595 e. The van der Waals surface area contributed by atoms with E-state index >= 15 is 0 Å². The van der Waals surface area contributed by atoms with Gasteiger partial charge >= 0.3 is 5.97 Å². The van der Waals surface area contributed by atoms with E-state index in [2.05, 4.69) is 5.32 Å². The van der Waals surface area contributed by atoms with Crippen molar-refractivity contribution in [3.05, 3.63) is 63.2 Å². The molecule has 5 atom stereocenters. The average Bonchev–Trinajstić information content (AvgIpc) is 2.77. The molecule has 0 saturated carbocycles. The molecule has 2 aromatic rings. The fraction of sp³-hybridized carbons (Fsp3) is 0.409. The Balaban J connectivity index is 1.76. The summed E-state index contributed by atoms with van der Waals surface area (Å²) >= 11 is 0. The number of anilines is 1. The van der Waals surface area contributed by atoms with Crippen molar-refractivity contribution in [1.29, 1.82) is 0 Å². The van der Waals surface area contributed by atoms with Crippen molar-refractivity contribution in [2.24, 2.45) is 11.3 Å². The highest BCUT2D eigenvalue weighted by Gasteiger charge is 2.62. The van der Waals surface area contributed by atoms with Crippen LogP contribution < -0.4 is 21.0 Å². The molecular formula is C22H24N4O6. The van der Waals surface area contributed by atoms with Gasteiger partial charge in [-0.25, -0.2) is 5.21 Å². The number of piperidine rings is 1. The zero-order valence-corrected chi connectivity index (χ0v) is 17.4. The van der Waals surface area contributed by atoms with Crippen LogP contribution in [-0.4, -0.2) is 46.4 Å². The van der Waals surface area contributed by atoms with E-state index in [1.54, 1.807) is 16.7 Å². The standard InChI is InChI=1S/C22H24N4O6/c1-23-20(28)22(21(29)30)9-13-8-14(26(31)32)5-6-16(13)25-11-12-7-15(19(22)25)17-3-2-4-18(27)24(17)10-12/h2-6,8,12,15,19,26,31H,7,9-11H2,1H3,(H,23,28)(H,29,30). The summed E-state index contributed by atoms with van der Waals surface area (Å²) in [6.45, 7) is 1.00. The van der Waals surface area contributed by atoms with Crippen LogP contribution in [0.1, 0.15) is 23.6 Å². The minimum absolute atomic E-state index is 0.0486. The molecule has 1 amide bonds. The Morgan fingerprint density at radius 3 is 2.72 bits per heavy atom. The van der Waals surface area contributed by atoms with Crippen molar-refractivity contribution < 1.29 is 25.1 Å². The van der Waals surface area contributed by atoms with E-state index < -0.39 is 28.6 Å². The van der Waals surface area contributed by atoms with Crippen LogP contribution in [0.5, 0.6) is 0 Å². The third-order valence-electron chi connectivity index (χ3n) is 7.29. The summed E-state index contributed by atoms with van der Waals surface area (Å²) in [6, 6.07) is 8.98. The minimum atomic E-state index is -1.83. The van der Waals surface area contributed by atoms with Gasteiger partial charge in [-0.3, -0.25) is 14.4 Å². The topological polar surface area (TPSA) is 139 Å². The number of hydrogen-bond acceptors (Lipinski definition) is 6. The number of carbonyl (C=O) groups is 2. The number of amides is 1. The predicted molar refractivity (Wildman–Crippen MR) is 113 cm³/mol. The van der Waals surface area contributed by atoms with E-state index in [0.717, 1.165) is 11.4 Å². The quantitative estimate of drug-likeness (QED) is 0.377. The molecule has 0 spiro atoms. The van der Waals surface area contributed by atoms with Gasteiger partial charge in [0.15, 0.2) is 11.1 Å². The number of pyridine rings is 1. The fourth-order valence-electron chi connectivity index (χ4n) is 6.04. The molecule has 1 aromatic heterocycles. The molecule has 1 saturated heterocycles. The lowest BCUT2D eigenvalue weighted by Gasteiger charge is -2.57. The summed E-state index contributed by atoms with van der Waals surface area (Å²) < 4.78 is 1.70. The van der Waals surface area contributed by atoms with Crippen LogP contribution in [-0.2, 0) is 22.6 Å². The highest BCUT2D eigenvalue weighted by atomic mass is 16.8. The van der Waals surface area contributed by atoms with Crippen LogP contribution in [0.4, 0.5) is 11.4 Å². The van der Waals surface area contributed by atoms with Crippen LogP contribution in [0, 0.1) is 16.5 Å². The number of carbonyl (C=O) groups excluding carboxylic acids is 1. The molecule has 5 unspecified atom stereocenters. The lowest BCUT2D eigenvalue weighted by atomic mass is 9.61. The average molecular weight is 440 g/mol. The number of quaternary nitrogens is 1. The summed E-state index contributed by atoms with van der Waals surface area (Å²) in [4.78, 5) is 40.6. The molecular weight excluding hydrogens is 416 g/mol. The van der Waals surface area contributed by atoms with Crippen LogP contribution in [0.2, 0.25) is 0 Å². The summed E-state index contributed by atoms with van der Waals surface area (Å²) in [7, 11) is 1.41. The second-order valence-corrected chi connectivity index (χ2v) is 8.89. The monoisotopic (exact) mass is 440 g/mol. The Morgan fingerprint density at radius 1 is 1.25 bits per heavy atom. The Kier molecular flexibility index (Phi) is 4.63. The molecule has 4 N–H and O–H groups in total. The predicted octanol–water partition coefficient (Wildman–Crippen LogP) is -0.383. The molecule has 2 bridgehead atoms. The van der Waals surface area contributed by atoms with Gasteiger partial charge in [-0.05, 0) is 30.0 Å². The smallest absolute Gasteiger partial charge is 0.321 e. The van der Waals surface area contributed by atoms with Gasteiger partial charge in [0, 0.05) is 62.1 Å². The first-order valence-corrected chi connectivity index (χ1v) is 10.6. The summed E-state index contributed by atoms with van der Waals surface area (Å²) in [5, 5.41) is 32.9. The highest BCUT2D eigenvalue weighted by molar-refractivity contribution is 6.04. The molecule has 32 heavy (non-hydrogen) atoms. The van der Waals surface area contributed by atoms with Crippen LogP contribution in [0.3, 0.4) is 0 Å². The molecule has 1 aromatic carbocycles. The van der Waals surface area contributed by atoms with Gasteiger partial charge < -0.3 is 25.1 Å². The molecule has 4 heterocycles. The number of aromatic nitrogens is 1. The molecule has 1 fully saturated rings. The third kappa shape index (κ3) is 2.73. The molecule has 10 heteroatoms.